The van der Waals surface area contributed by atoms with Gasteiger partial charge in [0.25, 0.3) is 0 Å². The van der Waals surface area contributed by atoms with Gasteiger partial charge in [-0.2, -0.15) is 11.8 Å². The quantitative estimate of drug-likeness (QED) is 0.722. The third-order valence-electron chi connectivity index (χ3n) is 1.99. The fraction of sp³-hybridized carbons (Fsp3) is 0.500. The van der Waals surface area contributed by atoms with Gasteiger partial charge in [0, 0.05) is 17.1 Å². The van der Waals surface area contributed by atoms with Gasteiger partial charge in [0.2, 0.25) is 0 Å². The molecule has 0 amide bonds. The Kier molecular flexibility index (Phi) is 2.37. The lowest BCUT2D eigenvalue weighted by Gasteiger charge is -2.04. The number of anilines is 1. The lowest BCUT2D eigenvalue weighted by Crippen LogP contribution is -2.12. The van der Waals surface area contributed by atoms with E-state index in [-0.39, 0.29) is 0 Å². The van der Waals surface area contributed by atoms with Crippen LogP contribution in [0.2, 0.25) is 0 Å². The van der Waals surface area contributed by atoms with Gasteiger partial charge in [0.1, 0.15) is 11.6 Å². The molecule has 0 saturated heterocycles. The molecule has 2 rings (SSSR count). The Hall–Kier alpha value is -0.810. The van der Waals surface area contributed by atoms with Gasteiger partial charge in [-0.1, -0.05) is 0 Å². The van der Waals surface area contributed by atoms with Gasteiger partial charge in [-0.3, -0.25) is 0 Å². The summed E-state index contributed by atoms with van der Waals surface area (Å²) in [6.45, 7) is 0.683. The Bertz CT molecular complexity index is 326. The predicted octanol–water partition coefficient (Wildman–Crippen LogP) is 0.525. The molecule has 0 unspecified atom stereocenters. The van der Waals surface area contributed by atoms with Crippen LogP contribution in [0.25, 0.3) is 0 Å². The molecule has 0 bridgehead atoms. The number of nitrogens with zero attached hydrogens (tertiary/aromatic N) is 2. The van der Waals surface area contributed by atoms with E-state index in [1.807, 2.05) is 18.8 Å². The third kappa shape index (κ3) is 1.62. The maximum absolute atomic E-state index is 5.81. The zero-order chi connectivity index (χ0) is 9.26. The molecule has 0 spiro atoms. The van der Waals surface area contributed by atoms with Crippen LogP contribution in [0.15, 0.2) is 0 Å². The monoisotopic (exact) mass is 196 g/mol. The number of hydrogen-bond donors (Lipinski definition) is 2. The fourth-order valence-electron chi connectivity index (χ4n) is 1.37. The van der Waals surface area contributed by atoms with Gasteiger partial charge in [0.05, 0.1) is 12.2 Å². The minimum atomic E-state index is 0.653. The number of hydrogen-bond acceptors (Lipinski definition) is 5. The Morgan fingerprint density at radius 2 is 2.31 bits per heavy atom. The minimum absolute atomic E-state index is 0.653. The Labute approximate surface area is 81.3 Å². The van der Waals surface area contributed by atoms with Crippen LogP contribution in [0, 0.1) is 0 Å². The van der Waals surface area contributed by atoms with Gasteiger partial charge >= 0.3 is 0 Å². The van der Waals surface area contributed by atoms with Crippen LogP contribution in [0.3, 0.4) is 0 Å². The average Bonchev–Trinajstić information content (AvgIpc) is 2.53. The second-order valence-corrected chi connectivity index (χ2v) is 3.96. The SMILES string of the molecule is CNCc1nc(N)c2c(n1)CSC2. The first-order valence-electron chi connectivity index (χ1n) is 4.17. The number of fused-ring (bicyclic) bond motifs is 1. The summed E-state index contributed by atoms with van der Waals surface area (Å²) in [5, 5.41) is 3.02. The fourth-order valence-corrected chi connectivity index (χ4v) is 2.42. The molecular weight excluding hydrogens is 184 g/mol. The van der Waals surface area contributed by atoms with Gasteiger partial charge in [-0.05, 0) is 7.05 Å². The molecule has 1 aromatic rings. The number of nitrogen functional groups attached to an aromatic ring is 1. The standard InChI is InChI=1S/C8H12N4S/c1-10-2-7-11-6-4-13-3-5(6)8(9)12-7/h10H,2-4H2,1H3,(H2,9,11,12). The van der Waals surface area contributed by atoms with Gasteiger partial charge in [-0.15, -0.1) is 0 Å². The van der Waals surface area contributed by atoms with E-state index in [4.69, 9.17) is 5.73 Å². The molecule has 1 aliphatic rings. The first-order valence-corrected chi connectivity index (χ1v) is 5.33. The molecule has 0 aliphatic carbocycles. The summed E-state index contributed by atoms with van der Waals surface area (Å²) in [4.78, 5) is 8.65. The minimum Gasteiger partial charge on any atom is -0.383 e. The molecule has 13 heavy (non-hydrogen) atoms. The summed E-state index contributed by atoms with van der Waals surface area (Å²) in [7, 11) is 1.88. The van der Waals surface area contributed by atoms with E-state index >= 15 is 0 Å². The van der Waals surface area contributed by atoms with Crippen molar-refractivity contribution in [2.45, 2.75) is 18.1 Å². The van der Waals surface area contributed by atoms with Gasteiger partial charge < -0.3 is 11.1 Å². The third-order valence-corrected chi connectivity index (χ3v) is 2.96. The molecule has 1 aromatic heterocycles. The van der Waals surface area contributed by atoms with Crippen LogP contribution >= 0.6 is 11.8 Å². The first-order chi connectivity index (χ1) is 6.31. The number of rotatable bonds is 2. The Morgan fingerprint density at radius 3 is 3.08 bits per heavy atom. The highest BCUT2D eigenvalue weighted by Gasteiger charge is 2.17. The molecule has 4 nitrogen and oxygen atoms in total. The Balaban J connectivity index is 2.37. The molecule has 2 heterocycles. The normalized spacial score (nSPS) is 14.5. The second-order valence-electron chi connectivity index (χ2n) is 2.97. The van der Waals surface area contributed by atoms with Crippen molar-refractivity contribution in [3.63, 3.8) is 0 Å². The summed E-state index contributed by atoms with van der Waals surface area (Å²) < 4.78 is 0. The molecule has 3 N–H and O–H groups in total. The van der Waals surface area contributed by atoms with E-state index in [9.17, 15) is 0 Å². The lowest BCUT2D eigenvalue weighted by atomic mass is 10.2. The predicted molar refractivity (Wildman–Crippen MR) is 54.2 cm³/mol. The summed E-state index contributed by atoms with van der Waals surface area (Å²) in [5.41, 5.74) is 8.05. The molecule has 0 atom stereocenters. The molecular formula is C8H12N4S. The summed E-state index contributed by atoms with van der Waals surface area (Å²) in [6.07, 6.45) is 0. The van der Waals surface area contributed by atoms with Crippen molar-refractivity contribution in [1.29, 1.82) is 0 Å². The highest BCUT2D eigenvalue weighted by molar-refractivity contribution is 7.98. The summed E-state index contributed by atoms with van der Waals surface area (Å²) in [5.74, 6) is 3.38. The van der Waals surface area contributed by atoms with Crippen LogP contribution in [-0.4, -0.2) is 17.0 Å². The van der Waals surface area contributed by atoms with Gasteiger partial charge in [0.15, 0.2) is 0 Å². The van der Waals surface area contributed by atoms with Gasteiger partial charge in [-0.25, -0.2) is 9.97 Å². The number of nitrogens with two attached hydrogens (primary N) is 1. The molecule has 5 heteroatoms. The smallest absolute Gasteiger partial charge is 0.144 e. The lowest BCUT2D eigenvalue weighted by molar-refractivity contribution is 0.752. The van der Waals surface area contributed by atoms with E-state index in [0.29, 0.717) is 12.4 Å². The first kappa shape index (κ1) is 8.77. The molecule has 0 fully saturated rings. The molecule has 0 aromatic carbocycles. The summed E-state index contributed by atoms with van der Waals surface area (Å²) in [6, 6.07) is 0. The molecule has 70 valence electrons. The summed E-state index contributed by atoms with van der Waals surface area (Å²) >= 11 is 1.84. The highest BCUT2D eigenvalue weighted by atomic mass is 32.2. The number of nitrogens with one attached hydrogen (secondary N) is 1. The van der Waals surface area contributed by atoms with Crippen molar-refractivity contribution in [2.75, 3.05) is 12.8 Å². The van der Waals surface area contributed by atoms with E-state index in [1.165, 1.54) is 0 Å². The van der Waals surface area contributed by atoms with Crippen LogP contribution in [0.4, 0.5) is 5.82 Å². The highest BCUT2D eigenvalue weighted by Crippen LogP contribution is 2.31. The molecule has 0 saturated carbocycles. The van der Waals surface area contributed by atoms with E-state index in [1.54, 1.807) is 0 Å². The molecule has 0 radical (unpaired) electrons. The van der Waals surface area contributed by atoms with Crippen LogP contribution in [0.1, 0.15) is 17.1 Å². The zero-order valence-corrected chi connectivity index (χ0v) is 8.32. The second kappa shape index (κ2) is 3.51. The Morgan fingerprint density at radius 1 is 1.46 bits per heavy atom. The molecule has 1 aliphatic heterocycles. The number of thioether (sulfide) groups is 1. The maximum atomic E-state index is 5.81. The zero-order valence-electron chi connectivity index (χ0n) is 7.50. The topological polar surface area (TPSA) is 63.8 Å². The van der Waals surface area contributed by atoms with Crippen molar-refractivity contribution < 1.29 is 0 Å². The number of aromatic nitrogens is 2. The maximum Gasteiger partial charge on any atom is 0.144 e. The van der Waals surface area contributed by atoms with Crippen molar-refractivity contribution in [3.05, 3.63) is 17.1 Å². The largest absolute Gasteiger partial charge is 0.383 e. The van der Waals surface area contributed by atoms with Crippen LogP contribution in [0.5, 0.6) is 0 Å². The van der Waals surface area contributed by atoms with E-state index in [2.05, 4.69) is 15.3 Å². The average molecular weight is 196 g/mol. The van der Waals surface area contributed by atoms with Crippen LogP contribution in [-0.2, 0) is 18.1 Å². The van der Waals surface area contributed by atoms with E-state index < -0.39 is 0 Å². The van der Waals surface area contributed by atoms with Crippen molar-refractivity contribution >= 4 is 17.6 Å². The van der Waals surface area contributed by atoms with Crippen molar-refractivity contribution in [3.8, 4) is 0 Å². The van der Waals surface area contributed by atoms with E-state index in [0.717, 1.165) is 28.6 Å². The van der Waals surface area contributed by atoms with Crippen molar-refractivity contribution in [2.24, 2.45) is 0 Å². The van der Waals surface area contributed by atoms with Crippen molar-refractivity contribution in [1.82, 2.24) is 15.3 Å². The van der Waals surface area contributed by atoms with Crippen LogP contribution < -0.4 is 11.1 Å².